The number of hydrogen-bond acceptors (Lipinski definition) is 3. The predicted molar refractivity (Wildman–Crippen MR) is 91.6 cm³/mol. The first-order valence-electron chi connectivity index (χ1n) is 7.68. The van der Waals surface area contributed by atoms with Crippen molar-refractivity contribution in [2.45, 2.75) is 45.1 Å². The highest BCUT2D eigenvalue weighted by Gasteiger charge is 2.20. The third kappa shape index (κ3) is 3.50. The van der Waals surface area contributed by atoms with E-state index >= 15 is 0 Å². The van der Waals surface area contributed by atoms with Crippen LogP contribution in [0.5, 0.6) is 0 Å². The Morgan fingerprint density at radius 2 is 2.09 bits per heavy atom. The Morgan fingerprint density at radius 1 is 1.32 bits per heavy atom. The summed E-state index contributed by atoms with van der Waals surface area (Å²) in [5.41, 5.74) is 1.74. The van der Waals surface area contributed by atoms with Crippen molar-refractivity contribution in [3.8, 4) is 10.6 Å². The van der Waals surface area contributed by atoms with Crippen molar-refractivity contribution in [3.63, 3.8) is 0 Å². The average molecular weight is 335 g/mol. The molecule has 1 aliphatic rings. The molecule has 1 aromatic carbocycles. The molecule has 2 aromatic rings. The van der Waals surface area contributed by atoms with Gasteiger partial charge in [-0.25, -0.2) is 4.98 Å². The minimum atomic E-state index is 0.00942. The Bertz CT molecular complexity index is 677. The first kappa shape index (κ1) is 15.5. The molecule has 3 rings (SSSR count). The Labute approximate surface area is 139 Å². The van der Waals surface area contributed by atoms with Crippen molar-refractivity contribution in [3.05, 3.63) is 39.9 Å². The largest absolute Gasteiger partial charge is 0.349 e. The zero-order chi connectivity index (χ0) is 15.5. The fraction of sp³-hybridized carbons (Fsp3) is 0.412. The van der Waals surface area contributed by atoms with Crippen LogP contribution in [0.3, 0.4) is 0 Å². The lowest BCUT2D eigenvalue weighted by Gasteiger charge is -2.22. The van der Waals surface area contributed by atoms with Crippen LogP contribution in [0.4, 0.5) is 0 Å². The van der Waals surface area contributed by atoms with Crippen LogP contribution in [0.2, 0.25) is 5.02 Å². The minimum absolute atomic E-state index is 0.00942. The average Bonchev–Trinajstić information content (AvgIpc) is 2.90. The summed E-state index contributed by atoms with van der Waals surface area (Å²) in [6, 6.07) is 7.89. The summed E-state index contributed by atoms with van der Waals surface area (Å²) in [4.78, 5) is 17.7. The highest BCUT2D eigenvalue weighted by Crippen LogP contribution is 2.29. The molecule has 1 aliphatic carbocycles. The molecular weight excluding hydrogens is 316 g/mol. The van der Waals surface area contributed by atoms with Gasteiger partial charge in [-0.2, -0.15) is 0 Å². The number of carbonyl (C=O) groups excluding carboxylic acids is 1. The van der Waals surface area contributed by atoms with E-state index in [0.29, 0.717) is 15.9 Å². The molecule has 1 N–H and O–H groups in total. The maximum absolute atomic E-state index is 12.5. The van der Waals surface area contributed by atoms with Crippen molar-refractivity contribution in [1.29, 1.82) is 0 Å². The first-order valence-corrected chi connectivity index (χ1v) is 8.87. The van der Waals surface area contributed by atoms with Gasteiger partial charge < -0.3 is 5.32 Å². The number of hydrogen-bond donors (Lipinski definition) is 1. The summed E-state index contributed by atoms with van der Waals surface area (Å²) < 4.78 is 0. The maximum atomic E-state index is 12.5. The highest BCUT2D eigenvalue weighted by molar-refractivity contribution is 7.17. The molecule has 1 heterocycles. The van der Waals surface area contributed by atoms with Gasteiger partial charge in [-0.3, -0.25) is 4.79 Å². The number of thiazole rings is 1. The molecule has 0 radical (unpaired) electrons. The summed E-state index contributed by atoms with van der Waals surface area (Å²) in [5.74, 6) is 0.00942. The number of nitrogens with zero attached hydrogens (tertiary/aromatic N) is 1. The second-order valence-electron chi connectivity index (χ2n) is 5.75. The quantitative estimate of drug-likeness (QED) is 0.873. The summed E-state index contributed by atoms with van der Waals surface area (Å²) in [6.45, 7) is 1.89. The SMILES string of the molecule is Cc1nc(-c2cccc(Cl)c2)sc1C(=O)NC1CCCCC1. The number of benzene rings is 1. The van der Waals surface area contributed by atoms with Gasteiger partial charge in [0, 0.05) is 16.6 Å². The number of nitrogens with one attached hydrogen (secondary N) is 1. The van der Waals surface area contributed by atoms with E-state index in [1.165, 1.54) is 30.6 Å². The molecule has 0 atom stereocenters. The summed E-state index contributed by atoms with van der Waals surface area (Å²) in [6.07, 6.45) is 5.88. The van der Waals surface area contributed by atoms with Crippen LogP contribution in [0.25, 0.3) is 10.6 Å². The topological polar surface area (TPSA) is 42.0 Å². The lowest BCUT2D eigenvalue weighted by Crippen LogP contribution is -2.36. The summed E-state index contributed by atoms with van der Waals surface area (Å²) in [7, 11) is 0. The molecule has 0 saturated heterocycles. The van der Waals surface area contributed by atoms with E-state index in [1.54, 1.807) is 0 Å². The second-order valence-corrected chi connectivity index (χ2v) is 7.19. The first-order chi connectivity index (χ1) is 10.6. The molecule has 0 bridgehead atoms. The minimum Gasteiger partial charge on any atom is -0.349 e. The van der Waals surface area contributed by atoms with Crippen molar-refractivity contribution < 1.29 is 4.79 Å². The third-order valence-corrected chi connectivity index (χ3v) is 5.46. The van der Waals surface area contributed by atoms with E-state index in [9.17, 15) is 4.79 Å². The Balaban J connectivity index is 1.78. The van der Waals surface area contributed by atoms with Crippen LogP contribution in [0, 0.1) is 6.92 Å². The van der Waals surface area contributed by atoms with Gasteiger partial charge in [-0.15, -0.1) is 11.3 Å². The molecule has 1 aromatic heterocycles. The predicted octanol–water partition coefficient (Wildman–Crippen LogP) is 4.83. The molecule has 3 nitrogen and oxygen atoms in total. The van der Waals surface area contributed by atoms with Gasteiger partial charge in [-0.05, 0) is 31.9 Å². The van der Waals surface area contributed by atoms with Crippen molar-refractivity contribution in [1.82, 2.24) is 10.3 Å². The normalized spacial score (nSPS) is 15.7. The molecule has 1 amide bonds. The lowest BCUT2D eigenvalue weighted by molar-refractivity contribution is 0.0931. The zero-order valence-corrected chi connectivity index (χ0v) is 14.1. The number of aryl methyl sites for hydroxylation is 1. The van der Waals surface area contributed by atoms with Crippen molar-refractivity contribution in [2.24, 2.45) is 0 Å². The van der Waals surface area contributed by atoms with Crippen LogP contribution in [-0.4, -0.2) is 16.9 Å². The number of aromatic nitrogens is 1. The molecule has 1 fully saturated rings. The molecule has 5 heteroatoms. The standard InChI is InChI=1S/C17H19ClN2OS/c1-11-15(16(21)20-14-8-3-2-4-9-14)22-17(19-11)12-6-5-7-13(18)10-12/h5-7,10,14H,2-4,8-9H2,1H3,(H,20,21). The fourth-order valence-corrected chi connectivity index (χ4v) is 4.01. The number of carbonyl (C=O) groups is 1. The Hall–Kier alpha value is -1.39. The number of amides is 1. The van der Waals surface area contributed by atoms with E-state index in [-0.39, 0.29) is 5.91 Å². The molecule has 0 spiro atoms. The van der Waals surface area contributed by atoms with Crippen molar-refractivity contribution in [2.75, 3.05) is 0 Å². The zero-order valence-electron chi connectivity index (χ0n) is 12.6. The molecule has 0 unspecified atom stereocenters. The van der Waals surface area contributed by atoms with Crippen LogP contribution < -0.4 is 5.32 Å². The highest BCUT2D eigenvalue weighted by atomic mass is 35.5. The van der Waals surface area contributed by atoms with E-state index in [0.717, 1.165) is 29.1 Å². The van der Waals surface area contributed by atoms with Gasteiger partial charge in [0.1, 0.15) is 9.88 Å². The monoisotopic (exact) mass is 334 g/mol. The molecule has 0 aliphatic heterocycles. The van der Waals surface area contributed by atoms with Crippen LogP contribution >= 0.6 is 22.9 Å². The molecule has 1 saturated carbocycles. The lowest BCUT2D eigenvalue weighted by atomic mass is 9.95. The Kier molecular flexibility index (Phi) is 4.79. The van der Waals surface area contributed by atoms with Crippen LogP contribution in [0.1, 0.15) is 47.5 Å². The smallest absolute Gasteiger partial charge is 0.263 e. The van der Waals surface area contributed by atoms with Crippen LogP contribution in [0.15, 0.2) is 24.3 Å². The van der Waals surface area contributed by atoms with Gasteiger partial charge in [0.2, 0.25) is 0 Å². The molecular formula is C17H19ClN2OS. The van der Waals surface area contributed by atoms with Gasteiger partial charge in [0.15, 0.2) is 0 Å². The fourth-order valence-electron chi connectivity index (χ4n) is 2.85. The van der Waals surface area contributed by atoms with Gasteiger partial charge >= 0.3 is 0 Å². The van der Waals surface area contributed by atoms with Gasteiger partial charge in [0.25, 0.3) is 5.91 Å². The summed E-state index contributed by atoms with van der Waals surface area (Å²) in [5, 5.41) is 4.68. The van der Waals surface area contributed by atoms with Crippen LogP contribution in [-0.2, 0) is 0 Å². The number of rotatable bonds is 3. The second kappa shape index (κ2) is 6.80. The van der Waals surface area contributed by atoms with E-state index < -0.39 is 0 Å². The molecule has 116 valence electrons. The van der Waals surface area contributed by atoms with E-state index in [2.05, 4.69) is 10.3 Å². The van der Waals surface area contributed by atoms with E-state index in [4.69, 9.17) is 11.6 Å². The summed E-state index contributed by atoms with van der Waals surface area (Å²) >= 11 is 7.47. The Morgan fingerprint density at radius 3 is 2.82 bits per heavy atom. The maximum Gasteiger partial charge on any atom is 0.263 e. The molecule has 22 heavy (non-hydrogen) atoms. The van der Waals surface area contributed by atoms with Crippen molar-refractivity contribution >= 4 is 28.8 Å². The third-order valence-electron chi connectivity index (χ3n) is 4.01. The van der Waals surface area contributed by atoms with E-state index in [1.807, 2.05) is 31.2 Å². The van der Waals surface area contributed by atoms with Gasteiger partial charge in [-0.1, -0.05) is 43.0 Å². The van der Waals surface area contributed by atoms with Gasteiger partial charge in [0.05, 0.1) is 5.69 Å². The number of halogens is 1.